The molecule has 25 heavy (non-hydrogen) atoms. The first-order valence-electron chi connectivity index (χ1n) is 7.26. The van der Waals surface area contributed by atoms with Gasteiger partial charge in [0.2, 0.25) is 11.8 Å². The lowest BCUT2D eigenvalue weighted by Crippen LogP contribution is -2.57. The lowest BCUT2D eigenvalue weighted by molar-refractivity contribution is -0.407. The van der Waals surface area contributed by atoms with E-state index in [1.807, 2.05) is 0 Å². The Morgan fingerprint density at radius 3 is 2.08 bits per heavy atom. The third-order valence-electron chi connectivity index (χ3n) is 2.46. The Hall–Kier alpha value is -2.58. The van der Waals surface area contributed by atoms with Crippen LogP contribution in [0.15, 0.2) is 24.3 Å². The van der Waals surface area contributed by atoms with Gasteiger partial charge in [0, 0.05) is 5.56 Å². The van der Waals surface area contributed by atoms with Crippen LogP contribution in [0.4, 0.5) is 0 Å². The van der Waals surface area contributed by atoms with E-state index in [9.17, 15) is 9.90 Å². The van der Waals surface area contributed by atoms with E-state index in [4.69, 9.17) is 25.8 Å². The summed E-state index contributed by atoms with van der Waals surface area (Å²) < 4.78 is 15.3. The summed E-state index contributed by atoms with van der Waals surface area (Å²) in [6.07, 6.45) is 0. The Balaban J connectivity index is 0.000000705. The van der Waals surface area contributed by atoms with Crippen molar-refractivity contribution in [3.63, 3.8) is 0 Å². The summed E-state index contributed by atoms with van der Waals surface area (Å²) in [4.78, 5) is 18.8. The van der Waals surface area contributed by atoms with Gasteiger partial charge in [-0.15, -0.1) is 0 Å². The molecule has 3 N–H and O–H groups in total. The zero-order valence-corrected chi connectivity index (χ0v) is 15.2. The number of para-hydroxylation sites is 1. The highest BCUT2D eigenvalue weighted by atomic mass is 35.5. The third-order valence-corrected chi connectivity index (χ3v) is 2.79. The van der Waals surface area contributed by atoms with Gasteiger partial charge >= 0.3 is 6.01 Å². The normalized spacial score (nSPS) is 9.88. The predicted octanol–water partition coefficient (Wildman–Crippen LogP) is 0.940. The number of rotatable bonds is 5. The highest BCUT2D eigenvalue weighted by molar-refractivity contribution is 6.33. The summed E-state index contributed by atoms with van der Waals surface area (Å²) in [5.74, 6) is -1.25. The number of carbonyl (C=O) groups is 1. The average molecular weight is 370 g/mol. The standard InChI is InChI=1S/C13H11ClN2O5.C3H9N/c1-19-10-9(14)11(20-2)16-13(15-10)21-8-6-4-3-5-7(8)12(17)18;1-3(2)4/h3-6H,1-2H3,(H,17,18);3H,4H2,1-2H3. The van der Waals surface area contributed by atoms with Crippen molar-refractivity contribution in [2.24, 2.45) is 0 Å². The number of hydrogen-bond acceptors (Lipinski definition) is 7. The Kier molecular flexibility index (Phi) is 7.90. The molecule has 0 atom stereocenters. The fraction of sp³-hybridized carbons (Fsp3) is 0.312. The first-order chi connectivity index (χ1) is 11.8. The molecule has 0 aliphatic rings. The monoisotopic (exact) mass is 369 g/mol. The second-order valence-corrected chi connectivity index (χ2v) is 5.50. The first-order valence-corrected chi connectivity index (χ1v) is 7.64. The number of carboxylic acids is 1. The Bertz CT molecular complexity index is 697. The number of benzene rings is 1. The highest BCUT2D eigenvalue weighted by Crippen LogP contribution is 2.33. The molecule has 9 heteroatoms. The summed E-state index contributed by atoms with van der Waals surface area (Å²) in [6.45, 7) is 4.11. The van der Waals surface area contributed by atoms with Gasteiger partial charge in [0.15, 0.2) is 5.02 Å². The van der Waals surface area contributed by atoms with E-state index in [2.05, 4.69) is 29.5 Å². The number of methoxy groups -OCH3 is 2. The molecule has 1 aromatic heterocycles. The molecule has 0 fully saturated rings. The second-order valence-electron chi connectivity index (χ2n) is 5.12. The predicted molar refractivity (Wildman–Crippen MR) is 89.0 cm³/mol. The van der Waals surface area contributed by atoms with E-state index < -0.39 is 5.97 Å². The van der Waals surface area contributed by atoms with Crippen LogP contribution in [0.3, 0.4) is 0 Å². The van der Waals surface area contributed by atoms with E-state index in [1.54, 1.807) is 12.1 Å². The zero-order valence-electron chi connectivity index (χ0n) is 14.4. The molecule has 0 unspecified atom stereocenters. The van der Waals surface area contributed by atoms with Crippen LogP contribution in [0.1, 0.15) is 24.2 Å². The number of aromatic carboxylic acids is 1. The Labute approximate surface area is 150 Å². The molecule has 0 saturated carbocycles. The van der Waals surface area contributed by atoms with Crippen LogP contribution in [0.25, 0.3) is 0 Å². The maximum Gasteiger partial charge on any atom is 0.328 e. The number of aromatic nitrogens is 2. The summed E-state index contributed by atoms with van der Waals surface area (Å²) in [5, 5.41) is 11.1. The molecule has 1 heterocycles. The molecule has 0 aliphatic carbocycles. The maximum absolute atomic E-state index is 11.0. The van der Waals surface area contributed by atoms with Crippen molar-refractivity contribution in [3.8, 4) is 23.5 Å². The Morgan fingerprint density at radius 1 is 1.16 bits per heavy atom. The van der Waals surface area contributed by atoms with E-state index in [1.165, 1.54) is 26.4 Å². The van der Waals surface area contributed by atoms with Crippen molar-refractivity contribution in [1.29, 1.82) is 0 Å². The molecular weight excluding hydrogens is 350 g/mol. The van der Waals surface area contributed by atoms with Gasteiger partial charge in [-0.05, 0) is 26.0 Å². The van der Waals surface area contributed by atoms with Crippen LogP contribution < -0.4 is 25.1 Å². The van der Waals surface area contributed by atoms with Gasteiger partial charge in [0.25, 0.3) is 0 Å². The summed E-state index contributed by atoms with van der Waals surface area (Å²) in [6, 6.07) is 6.35. The fourth-order valence-corrected chi connectivity index (χ4v) is 1.77. The van der Waals surface area contributed by atoms with E-state index in [-0.39, 0.29) is 34.1 Å². The van der Waals surface area contributed by atoms with Gasteiger partial charge in [0.05, 0.1) is 26.2 Å². The van der Waals surface area contributed by atoms with Crippen LogP contribution in [-0.2, 0) is 0 Å². The number of ether oxygens (including phenoxy) is 3. The molecule has 2 aromatic rings. The molecule has 0 radical (unpaired) electrons. The van der Waals surface area contributed by atoms with Gasteiger partial charge in [-0.1, -0.05) is 23.7 Å². The van der Waals surface area contributed by atoms with Crippen LogP contribution in [0.5, 0.6) is 23.5 Å². The van der Waals surface area contributed by atoms with Crippen molar-refractivity contribution >= 4 is 17.6 Å². The van der Waals surface area contributed by atoms with E-state index >= 15 is 0 Å². The van der Waals surface area contributed by atoms with Crippen LogP contribution in [0, 0.1) is 0 Å². The lowest BCUT2D eigenvalue weighted by Gasteiger charge is -2.12. The summed E-state index contributed by atoms with van der Waals surface area (Å²) >= 11 is 5.93. The van der Waals surface area contributed by atoms with Crippen molar-refractivity contribution in [2.75, 3.05) is 14.2 Å². The smallest absolute Gasteiger partial charge is 0.328 e. The SMILES string of the molecule is CC(C)[NH3+].COc1nc(Oc2ccccc2C(=O)[O-])nc(OC)c1Cl. The van der Waals surface area contributed by atoms with Crippen molar-refractivity contribution < 1.29 is 29.8 Å². The minimum atomic E-state index is -1.38. The van der Waals surface area contributed by atoms with Gasteiger partial charge in [-0.2, -0.15) is 9.97 Å². The molecule has 8 nitrogen and oxygen atoms in total. The van der Waals surface area contributed by atoms with Crippen molar-refractivity contribution in [2.45, 2.75) is 19.9 Å². The van der Waals surface area contributed by atoms with Gasteiger partial charge in [-0.25, -0.2) is 0 Å². The molecule has 0 aliphatic heterocycles. The zero-order chi connectivity index (χ0) is 19.0. The molecule has 0 saturated heterocycles. The highest BCUT2D eigenvalue weighted by Gasteiger charge is 2.16. The maximum atomic E-state index is 11.0. The molecule has 0 bridgehead atoms. The van der Waals surface area contributed by atoms with Crippen LogP contribution >= 0.6 is 11.6 Å². The molecule has 0 spiro atoms. The minimum Gasteiger partial charge on any atom is -0.545 e. The molecule has 1 aromatic carbocycles. The lowest BCUT2D eigenvalue weighted by atomic mass is 10.2. The average Bonchev–Trinajstić information content (AvgIpc) is 2.56. The number of quaternary nitrogens is 1. The first kappa shape index (κ1) is 20.5. The number of carbonyl (C=O) groups excluding carboxylic acids is 1. The molecule has 136 valence electrons. The minimum absolute atomic E-state index is 0.0314. The largest absolute Gasteiger partial charge is 0.545 e. The fourth-order valence-electron chi connectivity index (χ4n) is 1.53. The van der Waals surface area contributed by atoms with Crippen LogP contribution in [-0.4, -0.2) is 36.2 Å². The number of nitrogens with zero attached hydrogens (tertiary/aromatic N) is 2. The topological polar surface area (TPSA) is 121 Å². The van der Waals surface area contributed by atoms with Crippen LogP contribution in [0.2, 0.25) is 5.02 Å². The third kappa shape index (κ3) is 6.09. The van der Waals surface area contributed by atoms with Gasteiger partial charge in [-0.3, -0.25) is 0 Å². The quantitative estimate of drug-likeness (QED) is 0.832. The van der Waals surface area contributed by atoms with E-state index in [0.717, 1.165) is 0 Å². The summed E-state index contributed by atoms with van der Waals surface area (Å²) in [7, 11) is 2.74. The molecule has 0 amide bonds. The Morgan fingerprint density at radius 2 is 1.64 bits per heavy atom. The summed E-state index contributed by atoms with van der Waals surface area (Å²) in [5.41, 5.74) is 3.51. The van der Waals surface area contributed by atoms with Gasteiger partial charge < -0.3 is 29.8 Å². The number of carboxylic acid groups (broad SMARTS) is 1. The van der Waals surface area contributed by atoms with E-state index in [0.29, 0.717) is 6.04 Å². The van der Waals surface area contributed by atoms with Crippen molar-refractivity contribution in [1.82, 2.24) is 9.97 Å². The number of hydrogen-bond donors (Lipinski definition) is 1. The second kappa shape index (κ2) is 9.65. The number of halogens is 1. The molecule has 2 rings (SSSR count). The van der Waals surface area contributed by atoms with Gasteiger partial charge in [0.1, 0.15) is 5.75 Å². The molecular formula is C16H20ClN3O5. The van der Waals surface area contributed by atoms with Crippen molar-refractivity contribution in [3.05, 3.63) is 34.9 Å².